The maximum atomic E-state index is 11.9. The lowest BCUT2D eigenvalue weighted by atomic mass is 10.1. The Morgan fingerprint density at radius 2 is 2.13 bits per heavy atom. The van der Waals surface area contributed by atoms with Crippen LogP contribution in [-0.2, 0) is 11.2 Å². The Morgan fingerprint density at radius 1 is 1.30 bits per heavy atom. The summed E-state index contributed by atoms with van der Waals surface area (Å²) < 4.78 is 1.54. The summed E-state index contributed by atoms with van der Waals surface area (Å²) in [5.74, 6) is -0.130. The summed E-state index contributed by atoms with van der Waals surface area (Å²) in [6.07, 6.45) is 1.09. The first-order valence-electron chi connectivity index (χ1n) is 7.01. The van der Waals surface area contributed by atoms with Crippen LogP contribution in [0.2, 0.25) is 0 Å². The van der Waals surface area contributed by atoms with E-state index in [0.717, 1.165) is 16.8 Å². The number of carbonyl (C=O) groups excluding carboxylic acids is 1. The molecule has 0 aliphatic rings. The molecule has 0 aliphatic heterocycles. The molecule has 23 heavy (non-hydrogen) atoms. The van der Waals surface area contributed by atoms with Crippen molar-refractivity contribution in [2.75, 3.05) is 6.54 Å². The number of carbonyl (C=O) groups is 1. The van der Waals surface area contributed by atoms with Gasteiger partial charge in [0, 0.05) is 6.54 Å². The van der Waals surface area contributed by atoms with E-state index in [-0.39, 0.29) is 18.9 Å². The number of rotatable bonds is 6. The van der Waals surface area contributed by atoms with Gasteiger partial charge in [-0.05, 0) is 50.5 Å². The van der Waals surface area contributed by atoms with Crippen LogP contribution >= 0.6 is 11.3 Å². The molecule has 1 unspecified atom stereocenters. The van der Waals surface area contributed by atoms with Gasteiger partial charge in [-0.3, -0.25) is 4.79 Å². The zero-order valence-electron chi connectivity index (χ0n) is 12.2. The zero-order valence-corrected chi connectivity index (χ0v) is 13.0. The van der Waals surface area contributed by atoms with Crippen molar-refractivity contribution in [2.45, 2.75) is 12.5 Å². The van der Waals surface area contributed by atoms with Crippen molar-refractivity contribution in [3.8, 4) is 5.69 Å². The first-order chi connectivity index (χ1) is 11.2. The molecule has 1 atom stereocenters. The maximum absolute atomic E-state index is 11.9. The second-order valence-corrected chi connectivity index (χ2v) is 5.75. The predicted octanol–water partition coefficient (Wildman–Crippen LogP) is 1.12. The molecule has 0 spiro atoms. The molecule has 8 heteroatoms. The van der Waals surface area contributed by atoms with Gasteiger partial charge in [0.15, 0.2) is 0 Å². The third-order valence-electron chi connectivity index (χ3n) is 3.34. The lowest BCUT2D eigenvalue weighted by Crippen LogP contribution is -2.29. The van der Waals surface area contributed by atoms with E-state index in [4.69, 9.17) is 0 Å². The number of aromatic nitrogens is 4. The van der Waals surface area contributed by atoms with Gasteiger partial charge >= 0.3 is 0 Å². The van der Waals surface area contributed by atoms with Crippen molar-refractivity contribution in [1.29, 1.82) is 0 Å². The summed E-state index contributed by atoms with van der Waals surface area (Å²) in [4.78, 5) is 11.9. The molecule has 3 rings (SSSR count). The fraction of sp³-hybridized carbons (Fsp3) is 0.200. The average Bonchev–Trinajstić information content (AvgIpc) is 3.26. The maximum Gasteiger partial charge on any atom is 0.224 e. The Labute approximate surface area is 136 Å². The van der Waals surface area contributed by atoms with Gasteiger partial charge < -0.3 is 10.4 Å². The van der Waals surface area contributed by atoms with Crippen LogP contribution in [0.1, 0.15) is 17.2 Å². The summed E-state index contributed by atoms with van der Waals surface area (Å²) in [5, 5.41) is 27.4. The van der Waals surface area contributed by atoms with E-state index in [1.165, 1.54) is 17.7 Å². The van der Waals surface area contributed by atoms with Gasteiger partial charge in [-0.1, -0.05) is 12.1 Å². The van der Waals surface area contributed by atoms with Crippen molar-refractivity contribution in [1.82, 2.24) is 25.5 Å². The van der Waals surface area contributed by atoms with Crippen LogP contribution in [0.4, 0.5) is 0 Å². The molecule has 0 radical (unpaired) electrons. The van der Waals surface area contributed by atoms with Gasteiger partial charge in [0.05, 0.1) is 18.2 Å². The predicted molar refractivity (Wildman–Crippen MR) is 85.1 cm³/mol. The van der Waals surface area contributed by atoms with Crippen molar-refractivity contribution < 1.29 is 9.90 Å². The first kappa shape index (κ1) is 15.3. The summed E-state index contributed by atoms with van der Waals surface area (Å²) in [5.41, 5.74) is 2.53. The Hall–Kier alpha value is -2.58. The van der Waals surface area contributed by atoms with E-state index in [1.807, 2.05) is 41.1 Å². The Bertz CT molecular complexity index is 741. The van der Waals surface area contributed by atoms with Gasteiger partial charge in [-0.2, -0.15) is 11.3 Å². The largest absolute Gasteiger partial charge is 0.387 e. The number of thiophene rings is 1. The number of benzene rings is 1. The van der Waals surface area contributed by atoms with E-state index in [0.29, 0.717) is 0 Å². The minimum atomic E-state index is -0.674. The average molecular weight is 329 g/mol. The molecule has 7 nitrogen and oxygen atoms in total. The molecular formula is C15H15N5O2S. The minimum Gasteiger partial charge on any atom is -0.387 e. The molecule has 2 N–H and O–H groups in total. The SMILES string of the molecule is O=C(Cc1ccc(-n2cnnn2)cc1)NCC(O)c1ccsc1. The molecular weight excluding hydrogens is 314 g/mol. The third-order valence-corrected chi connectivity index (χ3v) is 4.04. The van der Waals surface area contributed by atoms with Crippen molar-refractivity contribution in [2.24, 2.45) is 0 Å². The van der Waals surface area contributed by atoms with Gasteiger partial charge in [0.2, 0.25) is 5.91 Å². The van der Waals surface area contributed by atoms with Gasteiger partial charge in [-0.25, -0.2) is 4.68 Å². The number of nitrogens with zero attached hydrogens (tertiary/aromatic N) is 4. The summed E-state index contributed by atoms with van der Waals surface area (Å²) in [7, 11) is 0. The number of nitrogens with one attached hydrogen (secondary N) is 1. The highest BCUT2D eigenvalue weighted by Crippen LogP contribution is 2.15. The number of hydrogen-bond donors (Lipinski definition) is 2. The quantitative estimate of drug-likeness (QED) is 0.707. The Balaban J connectivity index is 1.51. The number of aliphatic hydroxyl groups excluding tert-OH is 1. The second-order valence-electron chi connectivity index (χ2n) is 4.97. The topological polar surface area (TPSA) is 92.9 Å². The van der Waals surface area contributed by atoms with Crippen molar-refractivity contribution in [3.63, 3.8) is 0 Å². The van der Waals surface area contributed by atoms with E-state index < -0.39 is 6.10 Å². The fourth-order valence-electron chi connectivity index (χ4n) is 2.09. The van der Waals surface area contributed by atoms with Crippen LogP contribution < -0.4 is 5.32 Å². The number of tetrazole rings is 1. The molecule has 0 saturated carbocycles. The molecule has 118 valence electrons. The zero-order chi connectivity index (χ0) is 16.1. The highest BCUT2D eigenvalue weighted by atomic mass is 32.1. The number of amides is 1. The van der Waals surface area contributed by atoms with Crippen LogP contribution in [0, 0.1) is 0 Å². The monoisotopic (exact) mass is 329 g/mol. The van der Waals surface area contributed by atoms with Gasteiger partial charge in [0.25, 0.3) is 0 Å². The smallest absolute Gasteiger partial charge is 0.224 e. The van der Waals surface area contributed by atoms with E-state index >= 15 is 0 Å². The normalized spacial score (nSPS) is 12.0. The molecule has 0 aliphatic carbocycles. The molecule has 2 heterocycles. The Kier molecular flexibility index (Phi) is 4.74. The fourth-order valence-corrected chi connectivity index (χ4v) is 2.79. The molecule has 0 bridgehead atoms. The first-order valence-corrected chi connectivity index (χ1v) is 7.96. The minimum absolute atomic E-state index is 0.130. The molecule has 0 saturated heterocycles. The molecule has 2 aromatic heterocycles. The van der Waals surface area contributed by atoms with Crippen molar-refractivity contribution >= 4 is 17.2 Å². The summed E-state index contributed by atoms with van der Waals surface area (Å²) in [6.45, 7) is 0.207. The van der Waals surface area contributed by atoms with Crippen LogP contribution in [-0.4, -0.2) is 37.8 Å². The molecule has 1 aromatic carbocycles. The van der Waals surface area contributed by atoms with Crippen LogP contribution in [0.15, 0.2) is 47.4 Å². The third kappa shape index (κ3) is 3.99. The molecule has 0 fully saturated rings. The second kappa shape index (κ2) is 7.12. The lowest BCUT2D eigenvalue weighted by molar-refractivity contribution is -0.120. The molecule has 1 amide bonds. The van der Waals surface area contributed by atoms with Crippen LogP contribution in [0.3, 0.4) is 0 Å². The molecule has 3 aromatic rings. The Morgan fingerprint density at radius 3 is 2.78 bits per heavy atom. The van der Waals surface area contributed by atoms with E-state index in [9.17, 15) is 9.90 Å². The summed E-state index contributed by atoms with van der Waals surface area (Å²) >= 11 is 1.52. The van der Waals surface area contributed by atoms with Crippen molar-refractivity contribution in [3.05, 3.63) is 58.5 Å². The van der Waals surface area contributed by atoms with E-state index in [2.05, 4.69) is 20.8 Å². The van der Waals surface area contributed by atoms with Crippen LogP contribution in [0.25, 0.3) is 5.69 Å². The van der Waals surface area contributed by atoms with Gasteiger partial charge in [-0.15, -0.1) is 5.10 Å². The van der Waals surface area contributed by atoms with Crippen LogP contribution in [0.5, 0.6) is 0 Å². The van der Waals surface area contributed by atoms with E-state index in [1.54, 1.807) is 4.68 Å². The summed E-state index contributed by atoms with van der Waals surface area (Å²) in [6, 6.07) is 9.25. The number of aliphatic hydroxyl groups is 1. The highest BCUT2D eigenvalue weighted by molar-refractivity contribution is 7.07. The number of hydrogen-bond acceptors (Lipinski definition) is 6. The lowest BCUT2D eigenvalue weighted by Gasteiger charge is -2.10. The highest BCUT2D eigenvalue weighted by Gasteiger charge is 2.10. The van der Waals surface area contributed by atoms with Gasteiger partial charge in [0.1, 0.15) is 6.33 Å². The standard InChI is InChI=1S/C15H15N5O2S/c21-14(12-5-6-23-9-12)8-16-15(22)7-11-1-3-13(4-2-11)20-10-17-18-19-20/h1-6,9-10,14,21H,7-8H2,(H,16,22).